The van der Waals surface area contributed by atoms with E-state index in [1.165, 1.54) is 0 Å². The topological polar surface area (TPSA) is 83.4 Å². The Labute approximate surface area is 107 Å². The second kappa shape index (κ2) is 6.26. The van der Waals surface area contributed by atoms with Gasteiger partial charge in [0.25, 0.3) is 5.89 Å². The van der Waals surface area contributed by atoms with Crippen LogP contribution in [0.15, 0.2) is 4.52 Å². The average Bonchev–Trinajstić information content (AvgIpc) is 2.99. The standard InChI is InChI=1S/C12H21N3O3/c1-2-16-7-8-17-9-10-14-11(15-18-10)12(13)5-3-4-6-12/h2-9,13H2,1H3. The van der Waals surface area contributed by atoms with Crippen molar-refractivity contribution in [2.24, 2.45) is 5.73 Å². The minimum Gasteiger partial charge on any atom is -0.379 e. The number of hydrogen-bond acceptors (Lipinski definition) is 6. The second-order valence-corrected chi connectivity index (χ2v) is 4.62. The first-order valence-electron chi connectivity index (χ1n) is 6.52. The highest BCUT2D eigenvalue weighted by molar-refractivity contribution is 5.06. The Morgan fingerprint density at radius 1 is 1.28 bits per heavy atom. The van der Waals surface area contributed by atoms with Crippen molar-refractivity contribution in [3.63, 3.8) is 0 Å². The third-order valence-corrected chi connectivity index (χ3v) is 3.21. The van der Waals surface area contributed by atoms with Gasteiger partial charge in [-0.2, -0.15) is 4.98 Å². The SMILES string of the molecule is CCOCCOCc1nc(C2(N)CCCC2)no1. The molecular weight excluding hydrogens is 234 g/mol. The van der Waals surface area contributed by atoms with E-state index >= 15 is 0 Å². The molecule has 0 bridgehead atoms. The number of rotatable bonds is 7. The maximum absolute atomic E-state index is 6.24. The van der Waals surface area contributed by atoms with Crippen LogP contribution in [0.4, 0.5) is 0 Å². The summed E-state index contributed by atoms with van der Waals surface area (Å²) in [6, 6.07) is 0. The van der Waals surface area contributed by atoms with E-state index in [4.69, 9.17) is 19.7 Å². The molecule has 0 atom stereocenters. The maximum atomic E-state index is 6.24. The highest BCUT2D eigenvalue weighted by atomic mass is 16.5. The lowest BCUT2D eigenvalue weighted by atomic mass is 9.99. The van der Waals surface area contributed by atoms with Crippen LogP contribution < -0.4 is 5.73 Å². The van der Waals surface area contributed by atoms with Crippen molar-refractivity contribution in [1.29, 1.82) is 0 Å². The average molecular weight is 255 g/mol. The van der Waals surface area contributed by atoms with Gasteiger partial charge in [-0.05, 0) is 19.8 Å². The van der Waals surface area contributed by atoms with Gasteiger partial charge < -0.3 is 19.7 Å². The summed E-state index contributed by atoms with van der Waals surface area (Å²) in [5, 5.41) is 3.96. The molecule has 1 heterocycles. The first-order chi connectivity index (χ1) is 8.74. The van der Waals surface area contributed by atoms with Gasteiger partial charge in [0.1, 0.15) is 6.61 Å². The molecule has 0 amide bonds. The van der Waals surface area contributed by atoms with E-state index in [9.17, 15) is 0 Å². The van der Waals surface area contributed by atoms with Gasteiger partial charge >= 0.3 is 0 Å². The minimum atomic E-state index is -0.396. The van der Waals surface area contributed by atoms with Crippen molar-refractivity contribution < 1.29 is 14.0 Å². The second-order valence-electron chi connectivity index (χ2n) is 4.62. The Balaban J connectivity index is 1.79. The van der Waals surface area contributed by atoms with Gasteiger partial charge in [-0.15, -0.1) is 0 Å². The summed E-state index contributed by atoms with van der Waals surface area (Å²) in [6.07, 6.45) is 4.12. The molecule has 2 rings (SSSR count). The fraction of sp³-hybridized carbons (Fsp3) is 0.833. The third-order valence-electron chi connectivity index (χ3n) is 3.21. The van der Waals surface area contributed by atoms with Crippen LogP contribution in [0.1, 0.15) is 44.3 Å². The van der Waals surface area contributed by atoms with Crippen molar-refractivity contribution in [1.82, 2.24) is 10.1 Å². The van der Waals surface area contributed by atoms with Crippen LogP contribution in [0.25, 0.3) is 0 Å². The molecule has 0 saturated heterocycles. The van der Waals surface area contributed by atoms with E-state index in [1.54, 1.807) is 0 Å². The first kappa shape index (κ1) is 13.5. The highest BCUT2D eigenvalue weighted by Crippen LogP contribution is 2.34. The largest absolute Gasteiger partial charge is 0.379 e. The molecule has 1 aromatic rings. The van der Waals surface area contributed by atoms with Gasteiger partial charge in [0.2, 0.25) is 0 Å². The highest BCUT2D eigenvalue weighted by Gasteiger charge is 2.35. The molecule has 6 nitrogen and oxygen atoms in total. The molecule has 0 aromatic carbocycles. The molecule has 0 aliphatic heterocycles. The Hall–Kier alpha value is -0.980. The zero-order valence-electron chi connectivity index (χ0n) is 10.9. The number of ether oxygens (including phenoxy) is 2. The minimum absolute atomic E-state index is 0.316. The molecule has 0 spiro atoms. The number of hydrogen-bond donors (Lipinski definition) is 1. The van der Waals surface area contributed by atoms with E-state index in [0.717, 1.165) is 25.7 Å². The summed E-state index contributed by atoms with van der Waals surface area (Å²) in [5.41, 5.74) is 5.85. The van der Waals surface area contributed by atoms with Crippen molar-refractivity contribution in [3.05, 3.63) is 11.7 Å². The fourth-order valence-corrected chi connectivity index (χ4v) is 2.17. The summed E-state index contributed by atoms with van der Waals surface area (Å²) < 4.78 is 15.7. The van der Waals surface area contributed by atoms with Crippen LogP contribution in [-0.4, -0.2) is 30.0 Å². The lowest BCUT2D eigenvalue weighted by Crippen LogP contribution is -2.34. The molecule has 1 aliphatic carbocycles. The molecule has 1 aromatic heterocycles. The van der Waals surface area contributed by atoms with E-state index in [1.807, 2.05) is 6.92 Å². The van der Waals surface area contributed by atoms with Gasteiger partial charge in [0.05, 0.1) is 18.8 Å². The fourth-order valence-electron chi connectivity index (χ4n) is 2.17. The summed E-state index contributed by atoms with van der Waals surface area (Å²) in [4.78, 5) is 4.31. The summed E-state index contributed by atoms with van der Waals surface area (Å²) in [6.45, 7) is 4.07. The number of aromatic nitrogens is 2. The molecule has 0 unspecified atom stereocenters. The van der Waals surface area contributed by atoms with Crippen LogP contribution in [0.3, 0.4) is 0 Å². The predicted molar refractivity (Wildman–Crippen MR) is 64.8 cm³/mol. The monoisotopic (exact) mass is 255 g/mol. The molecule has 6 heteroatoms. The molecule has 0 radical (unpaired) electrons. The maximum Gasteiger partial charge on any atom is 0.252 e. The quantitative estimate of drug-likeness (QED) is 0.740. The third kappa shape index (κ3) is 3.28. The molecule has 1 saturated carbocycles. The van der Waals surface area contributed by atoms with Gasteiger partial charge in [-0.3, -0.25) is 0 Å². The molecule has 2 N–H and O–H groups in total. The summed E-state index contributed by atoms with van der Waals surface area (Å²) in [7, 11) is 0. The Morgan fingerprint density at radius 3 is 2.72 bits per heavy atom. The predicted octanol–water partition coefficient (Wildman–Crippen LogP) is 1.35. The molecule has 1 fully saturated rings. The van der Waals surface area contributed by atoms with Crippen LogP contribution in [0.5, 0.6) is 0 Å². The lowest BCUT2D eigenvalue weighted by Gasteiger charge is -2.17. The van der Waals surface area contributed by atoms with Crippen LogP contribution in [0, 0.1) is 0 Å². The van der Waals surface area contributed by atoms with Crippen molar-refractivity contribution in [2.75, 3.05) is 19.8 Å². The van der Waals surface area contributed by atoms with Gasteiger partial charge in [-0.25, -0.2) is 0 Å². The first-order valence-corrected chi connectivity index (χ1v) is 6.52. The van der Waals surface area contributed by atoms with Gasteiger partial charge in [0, 0.05) is 6.61 Å². The van der Waals surface area contributed by atoms with Crippen LogP contribution in [-0.2, 0) is 21.6 Å². The van der Waals surface area contributed by atoms with E-state index in [0.29, 0.717) is 38.1 Å². The molecule has 102 valence electrons. The summed E-state index contributed by atoms with van der Waals surface area (Å²) >= 11 is 0. The number of nitrogens with two attached hydrogens (primary N) is 1. The van der Waals surface area contributed by atoms with Crippen LogP contribution >= 0.6 is 0 Å². The smallest absolute Gasteiger partial charge is 0.252 e. The van der Waals surface area contributed by atoms with Crippen molar-refractivity contribution >= 4 is 0 Å². The van der Waals surface area contributed by atoms with Gasteiger partial charge in [-0.1, -0.05) is 18.0 Å². The van der Waals surface area contributed by atoms with Gasteiger partial charge in [0.15, 0.2) is 5.82 Å². The summed E-state index contributed by atoms with van der Waals surface area (Å²) in [5.74, 6) is 1.10. The van der Waals surface area contributed by atoms with E-state index in [-0.39, 0.29) is 0 Å². The van der Waals surface area contributed by atoms with Crippen LogP contribution in [0.2, 0.25) is 0 Å². The molecule has 1 aliphatic rings. The zero-order chi connectivity index (χ0) is 12.8. The lowest BCUT2D eigenvalue weighted by molar-refractivity contribution is 0.0355. The Kier molecular flexibility index (Phi) is 4.68. The zero-order valence-corrected chi connectivity index (χ0v) is 10.9. The Morgan fingerprint density at radius 2 is 2.00 bits per heavy atom. The molecular formula is C12H21N3O3. The van der Waals surface area contributed by atoms with Crippen molar-refractivity contribution in [2.45, 2.75) is 44.8 Å². The van der Waals surface area contributed by atoms with E-state index in [2.05, 4.69) is 10.1 Å². The number of nitrogens with zero attached hydrogens (tertiary/aromatic N) is 2. The molecule has 18 heavy (non-hydrogen) atoms. The normalized spacial score (nSPS) is 18.3. The van der Waals surface area contributed by atoms with Crippen molar-refractivity contribution in [3.8, 4) is 0 Å². The van der Waals surface area contributed by atoms with E-state index < -0.39 is 5.54 Å². The Bertz CT molecular complexity index is 361.